The Balaban J connectivity index is 1.82. The number of methoxy groups -OCH3 is 1. The molecule has 136 valence electrons. The van der Waals surface area contributed by atoms with Crippen LogP contribution in [-0.4, -0.2) is 25.0 Å². The maximum Gasteiger partial charge on any atom is 0.253 e. The molecule has 0 heterocycles. The van der Waals surface area contributed by atoms with Gasteiger partial charge in [0.15, 0.2) is 6.17 Å². The number of para-hydroxylation sites is 1. The highest BCUT2D eigenvalue weighted by Crippen LogP contribution is 2.13. The molecule has 5 heteroatoms. The number of carbonyl (C=O) groups excluding carboxylic acids is 2. The molecule has 0 aliphatic heterocycles. The van der Waals surface area contributed by atoms with Crippen molar-refractivity contribution < 1.29 is 14.3 Å². The standard InChI is InChI=1S/C22H20N2O3/c1-27-19-14-12-17(13-15-19)22(26)24-21(23-18-10-6-3-7-11-18)20(25)16-8-4-2-5-9-16/h2-15,21,23H,1H3,(H,24,26)/t21-/m0/s1. The van der Waals surface area contributed by atoms with Crippen molar-refractivity contribution in [2.45, 2.75) is 6.17 Å². The highest BCUT2D eigenvalue weighted by atomic mass is 16.5. The van der Waals surface area contributed by atoms with E-state index in [-0.39, 0.29) is 11.7 Å². The van der Waals surface area contributed by atoms with Gasteiger partial charge in [-0.3, -0.25) is 9.59 Å². The van der Waals surface area contributed by atoms with Crippen molar-refractivity contribution in [3.05, 3.63) is 96.1 Å². The summed E-state index contributed by atoms with van der Waals surface area (Å²) < 4.78 is 5.11. The van der Waals surface area contributed by atoms with Gasteiger partial charge in [-0.1, -0.05) is 48.5 Å². The zero-order chi connectivity index (χ0) is 19.1. The molecule has 27 heavy (non-hydrogen) atoms. The summed E-state index contributed by atoms with van der Waals surface area (Å²) in [7, 11) is 1.56. The van der Waals surface area contributed by atoms with E-state index < -0.39 is 6.17 Å². The number of Topliss-reactive ketones (excluding diaryl/α,β-unsaturated/α-hetero) is 1. The smallest absolute Gasteiger partial charge is 0.253 e. The Hall–Kier alpha value is -3.60. The molecule has 1 amide bonds. The number of hydrogen-bond acceptors (Lipinski definition) is 4. The van der Waals surface area contributed by atoms with Crippen LogP contribution >= 0.6 is 0 Å². The summed E-state index contributed by atoms with van der Waals surface area (Å²) in [4.78, 5) is 25.6. The number of ether oxygens (including phenoxy) is 1. The van der Waals surface area contributed by atoms with Crippen LogP contribution < -0.4 is 15.4 Å². The molecular formula is C22H20N2O3. The summed E-state index contributed by atoms with van der Waals surface area (Å²) in [5.41, 5.74) is 1.69. The lowest BCUT2D eigenvalue weighted by atomic mass is 10.1. The summed E-state index contributed by atoms with van der Waals surface area (Å²) in [5.74, 6) is 0.0857. The topological polar surface area (TPSA) is 67.4 Å². The third-order valence-corrected chi connectivity index (χ3v) is 4.03. The lowest BCUT2D eigenvalue weighted by Crippen LogP contribution is -2.46. The van der Waals surface area contributed by atoms with Crippen LogP contribution in [0, 0.1) is 0 Å². The number of rotatable bonds is 7. The molecule has 3 aromatic rings. The minimum absolute atomic E-state index is 0.221. The fourth-order valence-corrected chi connectivity index (χ4v) is 2.59. The lowest BCUT2D eigenvalue weighted by Gasteiger charge is -2.20. The summed E-state index contributed by atoms with van der Waals surface area (Å²) in [6, 6.07) is 24.9. The molecule has 1 atom stereocenters. The van der Waals surface area contributed by atoms with Gasteiger partial charge in [0.25, 0.3) is 5.91 Å². The van der Waals surface area contributed by atoms with Crippen LogP contribution in [0.15, 0.2) is 84.9 Å². The van der Waals surface area contributed by atoms with Crippen molar-refractivity contribution >= 4 is 17.4 Å². The number of anilines is 1. The van der Waals surface area contributed by atoms with Crippen LogP contribution in [0.3, 0.4) is 0 Å². The molecule has 0 fully saturated rings. The van der Waals surface area contributed by atoms with Gasteiger partial charge >= 0.3 is 0 Å². The van der Waals surface area contributed by atoms with E-state index in [0.717, 1.165) is 5.69 Å². The summed E-state index contributed by atoms with van der Waals surface area (Å²) in [6.07, 6.45) is -0.899. The highest BCUT2D eigenvalue weighted by molar-refractivity contribution is 6.05. The molecule has 0 unspecified atom stereocenters. The first-order valence-corrected chi connectivity index (χ1v) is 8.53. The molecule has 0 radical (unpaired) electrons. The van der Waals surface area contributed by atoms with Crippen molar-refractivity contribution in [2.24, 2.45) is 0 Å². The van der Waals surface area contributed by atoms with Gasteiger partial charge in [-0.25, -0.2) is 0 Å². The molecule has 3 rings (SSSR count). The van der Waals surface area contributed by atoms with Crippen LogP contribution in [0.4, 0.5) is 5.69 Å². The second kappa shape index (κ2) is 8.67. The molecule has 3 aromatic carbocycles. The van der Waals surface area contributed by atoms with Gasteiger partial charge in [-0.05, 0) is 36.4 Å². The van der Waals surface area contributed by atoms with Gasteiger partial charge in [-0.2, -0.15) is 0 Å². The van der Waals surface area contributed by atoms with Crippen molar-refractivity contribution in [1.82, 2.24) is 5.32 Å². The average molecular weight is 360 g/mol. The maximum absolute atomic E-state index is 12.9. The van der Waals surface area contributed by atoms with Gasteiger partial charge in [0.05, 0.1) is 7.11 Å². The van der Waals surface area contributed by atoms with Gasteiger partial charge < -0.3 is 15.4 Å². The number of nitrogens with one attached hydrogen (secondary N) is 2. The Bertz CT molecular complexity index is 894. The minimum atomic E-state index is -0.899. The molecule has 5 nitrogen and oxygen atoms in total. The average Bonchev–Trinajstić information content (AvgIpc) is 2.74. The highest BCUT2D eigenvalue weighted by Gasteiger charge is 2.22. The molecule has 0 spiro atoms. The van der Waals surface area contributed by atoms with Gasteiger partial charge in [0, 0.05) is 16.8 Å². The predicted octanol–water partition coefficient (Wildman–Crippen LogP) is 3.75. The molecule has 2 N–H and O–H groups in total. The first kappa shape index (κ1) is 18.2. The number of hydrogen-bond donors (Lipinski definition) is 2. The quantitative estimate of drug-likeness (QED) is 0.497. The number of ketones is 1. The fourth-order valence-electron chi connectivity index (χ4n) is 2.59. The van der Waals surface area contributed by atoms with E-state index in [1.807, 2.05) is 36.4 Å². The van der Waals surface area contributed by atoms with Crippen molar-refractivity contribution in [1.29, 1.82) is 0 Å². The van der Waals surface area contributed by atoms with Gasteiger partial charge in [-0.15, -0.1) is 0 Å². The largest absolute Gasteiger partial charge is 0.497 e. The molecular weight excluding hydrogens is 340 g/mol. The first-order chi connectivity index (χ1) is 13.2. The summed E-state index contributed by atoms with van der Waals surface area (Å²) in [6.45, 7) is 0. The van der Waals surface area contributed by atoms with E-state index in [0.29, 0.717) is 16.9 Å². The number of carbonyl (C=O) groups is 2. The maximum atomic E-state index is 12.9. The summed E-state index contributed by atoms with van der Waals surface area (Å²) >= 11 is 0. The van der Waals surface area contributed by atoms with E-state index in [1.54, 1.807) is 55.6 Å². The Kier molecular flexibility index (Phi) is 5.84. The lowest BCUT2D eigenvalue weighted by molar-refractivity contribution is 0.0869. The Labute approximate surface area is 158 Å². The van der Waals surface area contributed by atoms with E-state index >= 15 is 0 Å². The van der Waals surface area contributed by atoms with Crippen molar-refractivity contribution in [3.63, 3.8) is 0 Å². The van der Waals surface area contributed by atoms with Crippen LogP contribution in [0.2, 0.25) is 0 Å². The van der Waals surface area contributed by atoms with Crippen LogP contribution in [0.25, 0.3) is 0 Å². The molecule has 0 saturated carbocycles. The van der Waals surface area contributed by atoms with Crippen LogP contribution in [-0.2, 0) is 0 Å². The monoisotopic (exact) mass is 360 g/mol. The summed E-state index contributed by atoms with van der Waals surface area (Å²) in [5, 5.41) is 5.87. The number of benzene rings is 3. The van der Waals surface area contributed by atoms with E-state index in [4.69, 9.17) is 4.74 Å². The zero-order valence-electron chi connectivity index (χ0n) is 14.9. The Morgan fingerprint density at radius 3 is 1.96 bits per heavy atom. The van der Waals surface area contributed by atoms with E-state index in [2.05, 4.69) is 10.6 Å². The predicted molar refractivity (Wildman–Crippen MR) is 105 cm³/mol. The van der Waals surface area contributed by atoms with E-state index in [9.17, 15) is 9.59 Å². The molecule has 0 saturated heterocycles. The van der Waals surface area contributed by atoms with Gasteiger partial charge in [0.1, 0.15) is 5.75 Å². The normalized spacial score (nSPS) is 11.3. The molecule has 0 aliphatic carbocycles. The minimum Gasteiger partial charge on any atom is -0.497 e. The van der Waals surface area contributed by atoms with Crippen LogP contribution in [0.1, 0.15) is 20.7 Å². The van der Waals surface area contributed by atoms with Crippen molar-refractivity contribution in [3.8, 4) is 5.75 Å². The van der Waals surface area contributed by atoms with E-state index in [1.165, 1.54) is 0 Å². The Morgan fingerprint density at radius 2 is 1.37 bits per heavy atom. The third-order valence-electron chi connectivity index (χ3n) is 4.03. The Morgan fingerprint density at radius 1 is 0.778 bits per heavy atom. The first-order valence-electron chi connectivity index (χ1n) is 8.53. The SMILES string of the molecule is COc1ccc(C(=O)N[C@H](Nc2ccccc2)C(=O)c2ccccc2)cc1. The number of amides is 1. The van der Waals surface area contributed by atoms with Gasteiger partial charge in [0.2, 0.25) is 5.78 Å². The second-order valence-corrected chi connectivity index (χ2v) is 5.88. The van der Waals surface area contributed by atoms with Crippen molar-refractivity contribution in [2.75, 3.05) is 12.4 Å². The zero-order valence-corrected chi connectivity index (χ0v) is 14.9. The molecule has 0 aromatic heterocycles. The molecule has 0 aliphatic rings. The third kappa shape index (κ3) is 4.73. The molecule has 0 bridgehead atoms. The second-order valence-electron chi connectivity index (χ2n) is 5.88. The fraction of sp³-hybridized carbons (Fsp3) is 0.0909. The van der Waals surface area contributed by atoms with Crippen LogP contribution in [0.5, 0.6) is 5.75 Å².